The number of rotatable bonds is 2. The highest BCUT2D eigenvalue weighted by Gasteiger charge is 2.35. The minimum Gasteiger partial charge on any atom is -0.293 e. The summed E-state index contributed by atoms with van der Waals surface area (Å²) in [5, 5.41) is 0. The van der Waals surface area contributed by atoms with Crippen LogP contribution in [-0.4, -0.2) is 37.5 Å². The molecule has 1 heterocycles. The van der Waals surface area contributed by atoms with Crippen LogP contribution in [0.15, 0.2) is 0 Å². The lowest BCUT2D eigenvalue weighted by atomic mass is 10.2. The molecule has 1 fully saturated rings. The highest BCUT2D eigenvalue weighted by Crippen LogP contribution is 2.19. The number of sulfonamides is 1. The van der Waals surface area contributed by atoms with Crippen molar-refractivity contribution in [1.29, 1.82) is 0 Å². The molecule has 0 bridgehead atoms. The molecule has 0 aromatic heterocycles. The summed E-state index contributed by atoms with van der Waals surface area (Å²) in [7, 11) is -3.29. The summed E-state index contributed by atoms with van der Waals surface area (Å²) in [5.74, 6) is 4.49. The Morgan fingerprint density at radius 1 is 1.62 bits per heavy atom. The van der Waals surface area contributed by atoms with E-state index in [-0.39, 0.29) is 0 Å². The number of amides is 1. The number of carbonyl (C=O) groups excluding carboxylic acids is 1. The van der Waals surface area contributed by atoms with Crippen molar-refractivity contribution in [3.8, 4) is 0 Å². The van der Waals surface area contributed by atoms with Crippen LogP contribution in [0.2, 0.25) is 0 Å². The third-order valence-corrected chi connectivity index (χ3v) is 3.36. The van der Waals surface area contributed by atoms with Gasteiger partial charge in [-0.05, 0) is 12.8 Å². The highest BCUT2D eigenvalue weighted by atomic mass is 32.2. The first-order valence-corrected chi connectivity index (χ1v) is 5.79. The second-order valence-corrected chi connectivity index (χ2v) is 4.98. The van der Waals surface area contributed by atoms with Crippen LogP contribution in [0.3, 0.4) is 0 Å². The van der Waals surface area contributed by atoms with E-state index in [4.69, 9.17) is 5.84 Å². The molecule has 0 unspecified atom stereocenters. The fraction of sp³-hybridized carbons (Fsp3) is 0.833. The molecule has 1 saturated heterocycles. The normalized spacial score (nSPS) is 24.6. The van der Waals surface area contributed by atoms with E-state index in [9.17, 15) is 13.2 Å². The molecule has 6 nitrogen and oxygen atoms in total. The van der Waals surface area contributed by atoms with Crippen molar-refractivity contribution in [1.82, 2.24) is 9.73 Å². The Morgan fingerprint density at radius 3 is 2.69 bits per heavy atom. The van der Waals surface area contributed by atoms with Gasteiger partial charge in [0, 0.05) is 6.54 Å². The van der Waals surface area contributed by atoms with Gasteiger partial charge < -0.3 is 0 Å². The van der Waals surface area contributed by atoms with Gasteiger partial charge in [0.25, 0.3) is 5.91 Å². The molecule has 1 atom stereocenters. The molecular formula is C6H13N3O3S. The lowest BCUT2D eigenvalue weighted by molar-refractivity contribution is -0.124. The zero-order valence-corrected chi connectivity index (χ0v) is 8.17. The van der Waals surface area contributed by atoms with Crippen molar-refractivity contribution in [3.63, 3.8) is 0 Å². The van der Waals surface area contributed by atoms with E-state index < -0.39 is 22.0 Å². The summed E-state index contributed by atoms with van der Waals surface area (Å²) in [6.45, 7) is 0.400. The second kappa shape index (κ2) is 3.60. The zero-order chi connectivity index (χ0) is 10.1. The van der Waals surface area contributed by atoms with E-state index in [1.54, 1.807) is 0 Å². The summed E-state index contributed by atoms with van der Waals surface area (Å²) in [5.41, 5.74) is 1.96. The predicted molar refractivity (Wildman–Crippen MR) is 46.9 cm³/mol. The molecule has 0 aromatic carbocycles. The van der Waals surface area contributed by atoms with Gasteiger partial charge in [-0.25, -0.2) is 14.3 Å². The maximum atomic E-state index is 11.2. The second-order valence-electron chi connectivity index (χ2n) is 3.04. The predicted octanol–water partition coefficient (Wildman–Crippen LogP) is -1.60. The number of hydrogen-bond acceptors (Lipinski definition) is 4. The number of nitrogens with one attached hydrogen (secondary N) is 1. The number of hydrogen-bond donors (Lipinski definition) is 2. The molecule has 0 radical (unpaired) electrons. The maximum absolute atomic E-state index is 11.2. The van der Waals surface area contributed by atoms with Crippen LogP contribution in [0.25, 0.3) is 0 Å². The molecular weight excluding hydrogens is 194 g/mol. The fourth-order valence-electron chi connectivity index (χ4n) is 1.50. The number of carbonyl (C=O) groups is 1. The first kappa shape index (κ1) is 10.4. The standard InChI is InChI=1S/C6H13N3O3S/c1-13(11,12)9-4-2-3-5(9)6(10)8-7/h5H,2-4,7H2,1H3,(H,8,10)/t5-/m0/s1. The van der Waals surface area contributed by atoms with Crippen LogP contribution in [0.1, 0.15) is 12.8 Å². The molecule has 1 aliphatic rings. The molecule has 1 aliphatic heterocycles. The Hall–Kier alpha value is -0.660. The van der Waals surface area contributed by atoms with E-state index in [0.717, 1.165) is 6.26 Å². The molecule has 7 heteroatoms. The van der Waals surface area contributed by atoms with Gasteiger partial charge in [0.05, 0.1) is 6.26 Å². The Balaban J connectivity index is 2.82. The first-order valence-electron chi connectivity index (χ1n) is 3.94. The van der Waals surface area contributed by atoms with Crippen LogP contribution < -0.4 is 11.3 Å². The van der Waals surface area contributed by atoms with Crippen molar-refractivity contribution < 1.29 is 13.2 Å². The van der Waals surface area contributed by atoms with Gasteiger partial charge in [-0.2, -0.15) is 4.31 Å². The van der Waals surface area contributed by atoms with Crippen LogP contribution in [0, 0.1) is 0 Å². The van der Waals surface area contributed by atoms with Gasteiger partial charge in [-0.15, -0.1) is 0 Å². The summed E-state index contributed by atoms with van der Waals surface area (Å²) in [6.07, 6.45) is 2.33. The maximum Gasteiger partial charge on any atom is 0.252 e. The van der Waals surface area contributed by atoms with Crippen LogP contribution in [0.4, 0.5) is 0 Å². The van der Waals surface area contributed by atoms with Gasteiger partial charge in [-0.1, -0.05) is 0 Å². The summed E-state index contributed by atoms with van der Waals surface area (Å²) < 4.78 is 23.5. The van der Waals surface area contributed by atoms with Gasteiger partial charge in [0.15, 0.2) is 0 Å². The molecule has 1 rings (SSSR count). The lowest BCUT2D eigenvalue weighted by Crippen LogP contribution is -2.47. The number of nitrogens with zero attached hydrogens (tertiary/aromatic N) is 1. The van der Waals surface area contributed by atoms with Gasteiger partial charge in [0.2, 0.25) is 10.0 Å². The summed E-state index contributed by atoms with van der Waals surface area (Å²) in [4.78, 5) is 11.1. The smallest absolute Gasteiger partial charge is 0.252 e. The van der Waals surface area contributed by atoms with Crippen molar-refractivity contribution in [2.24, 2.45) is 5.84 Å². The topological polar surface area (TPSA) is 92.5 Å². The summed E-state index contributed by atoms with van der Waals surface area (Å²) >= 11 is 0. The number of hydrazine groups is 1. The minimum atomic E-state index is -3.29. The molecule has 3 N–H and O–H groups in total. The Bertz CT molecular complexity index is 300. The average Bonchev–Trinajstić information content (AvgIpc) is 2.49. The highest BCUT2D eigenvalue weighted by molar-refractivity contribution is 7.88. The molecule has 1 amide bonds. The van der Waals surface area contributed by atoms with Crippen molar-refractivity contribution >= 4 is 15.9 Å². The molecule has 13 heavy (non-hydrogen) atoms. The Morgan fingerprint density at radius 2 is 2.23 bits per heavy atom. The van der Waals surface area contributed by atoms with Crippen molar-refractivity contribution in [3.05, 3.63) is 0 Å². The van der Waals surface area contributed by atoms with Crippen LogP contribution in [0.5, 0.6) is 0 Å². The molecule has 76 valence electrons. The van der Waals surface area contributed by atoms with Crippen molar-refractivity contribution in [2.75, 3.05) is 12.8 Å². The summed E-state index contributed by atoms with van der Waals surface area (Å²) in [6, 6.07) is -0.625. The van der Waals surface area contributed by atoms with Gasteiger partial charge >= 0.3 is 0 Å². The number of nitrogens with two attached hydrogens (primary N) is 1. The van der Waals surface area contributed by atoms with Gasteiger partial charge in [-0.3, -0.25) is 10.2 Å². The fourth-order valence-corrected chi connectivity index (χ4v) is 2.62. The average molecular weight is 207 g/mol. The van der Waals surface area contributed by atoms with E-state index in [2.05, 4.69) is 0 Å². The minimum absolute atomic E-state index is 0.400. The van der Waals surface area contributed by atoms with E-state index in [1.807, 2.05) is 5.43 Å². The zero-order valence-electron chi connectivity index (χ0n) is 7.36. The molecule has 0 aliphatic carbocycles. The third-order valence-electron chi connectivity index (χ3n) is 2.07. The van der Waals surface area contributed by atoms with Crippen LogP contribution in [-0.2, 0) is 14.8 Å². The molecule has 0 aromatic rings. The third kappa shape index (κ3) is 2.17. The van der Waals surface area contributed by atoms with E-state index in [1.165, 1.54) is 4.31 Å². The van der Waals surface area contributed by atoms with E-state index >= 15 is 0 Å². The molecule has 0 saturated carbocycles. The van der Waals surface area contributed by atoms with Crippen LogP contribution >= 0.6 is 0 Å². The lowest BCUT2D eigenvalue weighted by Gasteiger charge is -2.19. The quantitative estimate of drug-likeness (QED) is 0.324. The van der Waals surface area contributed by atoms with Crippen molar-refractivity contribution in [2.45, 2.75) is 18.9 Å². The van der Waals surface area contributed by atoms with E-state index in [0.29, 0.717) is 19.4 Å². The SMILES string of the molecule is CS(=O)(=O)N1CCC[C@H]1C(=O)NN. The Kier molecular flexibility index (Phi) is 2.89. The largest absolute Gasteiger partial charge is 0.293 e. The monoisotopic (exact) mass is 207 g/mol. The Labute approximate surface area is 77.1 Å². The first-order chi connectivity index (χ1) is 5.96. The van der Waals surface area contributed by atoms with Gasteiger partial charge in [0.1, 0.15) is 6.04 Å². The molecule has 0 spiro atoms.